The highest BCUT2D eigenvalue weighted by atomic mass is 16.5. The van der Waals surface area contributed by atoms with Gasteiger partial charge in [-0.1, -0.05) is 0 Å². The van der Waals surface area contributed by atoms with Crippen LogP contribution in [0.5, 0.6) is 11.5 Å². The molecule has 16 heavy (non-hydrogen) atoms. The average molecular weight is 221 g/mol. The number of ether oxygens (including phenoxy) is 2. The first kappa shape index (κ1) is 11.3. The third-order valence-electron chi connectivity index (χ3n) is 3.04. The van der Waals surface area contributed by atoms with Crippen molar-refractivity contribution in [3.8, 4) is 11.5 Å². The molecule has 1 aliphatic heterocycles. The van der Waals surface area contributed by atoms with Gasteiger partial charge in [0.05, 0.1) is 13.7 Å². The zero-order valence-corrected chi connectivity index (χ0v) is 10.2. The zero-order valence-electron chi connectivity index (χ0n) is 10.2. The third kappa shape index (κ3) is 2.00. The monoisotopic (exact) mass is 221 g/mol. The van der Waals surface area contributed by atoms with Crippen molar-refractivity contribution in [1.29, 1.82) is 0 Å². The molecule has 1 aromatic rings. The second-order valence-electron chi connectivity index (χ2n) is 4.06. The molecule has 0 aromatic heterocycles. The first-order chi connectivity index (χ1) is 7.76. The summed E-state index contributed by atoms with van der Waals surface area (Å²) in [4.78, 5) is 0. The van der Waals surface area contributed by atoms with Crippen molar-refractivity contribution in [2.45, 2.75) is 26.3 Å². The molecule has 88 valence electrons. The molecule has 0 saturated heterocycles. The Kier molecular flexibility index (Phi) is 3.34. The van der Waals surface area contributed by atoms with Gasteiger partial charge in [-0.2, -0.15) is 0 Å². The molecule has 1 atom stereocenters. The predicted molar refractivity (Wildman–Crippen MR) is 64.3 cm³/mol. The predicted octanol–water partition coefficient (Wildman–Crippen LogP) is 2.30. The van der Waals surface area contributed by atoms with Crippen LogP contribution >= 0.6 is 0 Å². The number of rotatable bonds is 3. The molecule has 0 spiro atoms. The number of fused-ring (bicyclic) bond motifs is 1. The van der Waals surface area contributed by atoms with E-state index in [-0.39, 0.29) is 0 Å². The van der Waals surface area contributed by atoms with E-state index in [2.05, 4.69) is 24.4 Å². The van der Waals surface area contributed by atoms with E-state index in [4.69, 9.17) is 9.47 Å². The van der Waals surface area contributed by atoms with Gasteiger partial charge in [0.1, 0.15) is 0 Å². The standard InChI is InChI=1S/C13H19NO2/c1-4-16-13-7-10-5-6-14-9(2)11(10)8-12(13)15-3/h7-9,14H,4-6H2,1-3H3. The summed E-state index contributed by atoms with van der Waals surface area (Å²) in [7, 11) is 1.69. The Morgan fingerprint density at radius 2 is 2.19 bits per heavy atom. The smallest absolute Gasteiger partial charge is 0.161 e. The van der Waals surface area contributed by atoms with E-state index in [1.165, 1.54) is 11.1 Å². The van der Waals surface area contributed by atoms with Crippen LogP contribution in [0.15, 0.2) is 12.1 Å². The lowest BCUT2D eigenvalue weighted by molar-refractivity contribution is 0.309. The van der Waals surface area contributed by atoms with Crippen LogP contribution in [0.2, 0.25) is 0 Å². The fourth-order valence-electron chi connectivity index (χ4n) is 2.20. The van der Waals surface area contributed by atoms with Gasteiger partial charge in [-0.15, -0.1) is 0 Å². The van der Waals surface area contributed by atoms with Gasteiger partial charge >= 0.3 is 0 Å². The van der Waals surface area contributed by atoms with E-state index in [1.54, 1.807) is 7.11 Å². The Balaban J connectivity index is 2.42. The highest BCUT2D eigenvalue weighted by Crippen LogP contribution is 2.35. The first-order valence-corrected chi connectivity index (χ1v) is 5.83. The lowest BCUT2D eigenvalue weighted by Crippen LogP contribution is -2.27. The molecule has 0 aliphatic carbocycles. The molecule has 2 rings (SSSR count). The number of methoxy groups -OCH3 is 1. The topological polar surface area (TPSA) is 30.5 Å². The molecule has 1 aliphatic rings. The first-order valence-electron chi connectivity index (χ1n) is 5.83. The average Bonchev–Trinajstić information content (AvgIpc) is 2.29. The fourth-order valence-corrected chi connectivity index (χ4v) is 2.20. The van der Waals surface area contributed by atoms with Crippen LogP contribution < -0.4 is 14.8 Å². The number of nitrogens with one attached hydrogen (secondary N) is 1. The van der Waals surface area contributed by atoms with E-state index in [0.717, 1.165) is 24.5 Å². The highest BCUT2D eigenvalue weighted by Gasteiger charge is 2.19. The van der Waals surface area contributed by atoms with Gasteiger partial charge in [-0.25, -0.2) is 0 Å². The second-order valence-corrected chi connectivity index (χ2v) is 4.06. The molecule has 1 N–H and O–H groups in total. The van der Waals surface area contributed by atoms with E-state index >= 15 is 0 Å². The Morgan fingerprint density at radius 3 is 2.88 bits per heavy atom. The van der Waals surface area contributed by atoms with Crippen LogP contribution in [-0.4, -0.2) is 20.3 Å². The Morgan fingerprint density at radius 1 is 1.38 bits per heavy atom. The summed E-state index contributed by atoms with van der Waals surface area (Å²) in [5, 5.41) is 3.44. The van der Waals surface area contributed by atoms with Crippen molar-refractivity contribution < 1.29 is 9.47 Å². The molecule has 3 heteroatoms. The van der Waals surface area contributed by atoms with Crippen molar-refractivity contribution in [2.24, 2.45) is 0 Å². The van der Waals surface area contributed by atoms with Gasteiger partial charge in [0.15, 0.2) is 11.5 Å². The van der Waals surface area contributed by atoms with Crippen LogP contribution in [0.25, 0.3) is 0 Å². The van der Waals surface area contributed by atoms with Crippen molar-refractivity contribution >= 4 is 0 Å². The van der Waals surface area contributed by atoms with Gasteiger partial charge in [-0.05, 0) is 50.1 Å². The SMILES string of the molecule is CCOc1cc2c(cc1OC)C(C)NCC2. The van der Waals surface area contributed by atoms with Crippen LogP contribution in [0.4, 0.5) is 0 Å². The molecular weight excluding hydrogens is 202 g/mol. The van der Waals surface area contributed by atoms with Crippen molar-refractivity contribution in [1.82, 2.24) is 5.32 Å². The number of benzene rings is 1. The summed E-state index contributed by atoms with van der Waals surface area (Å²) in [5.74, 6) is 1.69. The maximum absolute atomic E-state index is 5.58. The molecule has 0 bridgehead atoms. The molecule has 0 saturated carbocycles. The Labute approximate surface area is 96.8 Å². The summed E-state index contributed by atoms with van der Waals surface area (Å²) in [6.07, 6.45) is 1.06. The lowest BCUT2D eigenvalue weighted by atomic mass is 9.94. The molecular formula is C13H19NO2. The van der Waals surface area contributed by atoms with E-state index in [0.29, 0.717) is 12.6 Å². The summed E-state index contributed by atoms with van der Waals surface area (Å²) >= 11 is 0. The molecule has 1 aromatic carbocycles. The lowest BCUT2D eigenvalue weighted by Gasteiger charge is -2.25. The largest absolute Gasteiger partial charge is 0.493 e. The van der Waals surface area contributed by atoms with E-state index in [9.17, 15) is 0 Å². The summed E-state index contributed by atoms with van der Waals surface area (Å²) < 4.78 is 10.9. The number of hydrogen-bond acceptors (Lipinski definition) is 3. The maximum Gasteiger partial charge on any atom is 0.161 e. The minimum absolute atomic E-state index is 0.397. The van der Waals surface area contributed by atoms with Crippen molar-refractivity contribution in [3.05, 3.63) is 23.3 Å². The zero-order chi connectivity index (χ0) is 11.5. The maximum atomic E-state index is 5.58. The second kappa shape index (κ2) is 4.74. The third-order valence-corrected chi connectivity index (χ3v) is 3.04. The van der Waals surface area contributed by atoms with E-state index in [1.807, 2.05) is 6.92 Å². The minimum atomic E-state index is 0.397. The molecule has 0 amide bonds. The van der Waals surface area contributed by atoms with Gasteiger partial charge in [0.25, 0.3) is 0 Å². The number of hydrogen-bond donors (Lipinski definition) is 1. The Hall–Kier alpha value is -1.22. The highest BCUT2D eigenvalue weighted by molar-refractivity contribution is 5.49. The van der Waals surface area contributed by atoms with Crippen LogP contribution in [0, 0.1) is 0 Å². The normalized spacial score (nSPS) is 19.1. The van der Waals surface area contributed by atoms with Crippen LogP contribution in [-0.2, 0) is 6.42 Å². The van der Waals surface area contributed by atoms with Crippen LogP contribution in [0.1, 0.15) is 31.0 Å². The van der Waals surface area contributed by atoms with Gasteiger partial charge in [0.2, 0.25) is 0 Å². The summed E-state index contributed by atoms with van der Waals surface area (Å²) in [6.45, 7) is 5.87. The molecule has 0 radical (unpaired) electrons. The quantitative estimate of drug-likeness (QED) is 0.849. The molecule has 1 heterocycles. The molecule has 1 unspecified atom stereocenters. The van der Waals surface area contributed by atoms with Gasteiger partial charge in [0, 0.05) is 6.04 Å². The van der Waals surface area contributed by atoms with Gasteiger partial charge < -0.3 is 14.8 Å². The van der Waals surface area contributed by atoms with E-state index < -0.39 is 0 Å². The summed E-state index contributed by atoms with van der Waals surface area (Å²) in [5.41, 5.74) is 2.70. The summed E-state index contributed by atoms with van der Waals surface area (Å²) in [6, 6.07) is 4.61. The van der Waals surface area contributed by atoms with Crippen LogP contribution in [0.3, 0.4) is 0 Å². The van der Waals surface area contributed by atoms with Crippen molar-refractivity contribution in [3.63, 3.8) is 0 Å². The fraction of sp³-hybridized carbons (Fsp3) is 0.538. The van der Waals surface area contributed by atoms with Crippen molar-refractivity contribution in [2.75, 3.05) is 20.3 Å². The van der Waals surface area contributed by atoms with Gasteiger partial charge in [-0.3, -0.25) is 0 Å². The Bertz CT molecular complexity index is 376. The molecule has 0 fully saturated rings. The molecule has 3 nitrogen and oxygen atoms in total. The minimum Gasteiger partial charge on any atom is -0.493 e.